The summed E-state index contributed by atoms with van der Waals surface area (Å²) in [6.45, 7) is 0.816. The number of rotatable bonds is 3. The number of piperidine rings is 1. The summed E-state index contributed by atoms with van der Waals surface area (Å²) in [7, 11) is -3.81. The molecule has 0 radical (unpaired) electrons. The average Bonchev–Trinajstić information content (AvgIpc) is 2.39. The van der Waals surface area contributed by atoms with Gasteiger partial charge in [-0.1, -0.05) is 6.42 Å². The molecule has 5 nitrogen and oxygen atoms in total. The molecule has 0 aromatic carbocycles. The Bertz CT molecular complexity index is 451. The van der Waals surface area contributed by atoms with Crippen molar-refractivity contribution in [3.63, 3.8) is 0 Å². The molecule has 2 rings (SSSR count). The van der Waals surface area contributed by atoms with Gasteiger partial charge in [0.2, 0.25) is 11.8 Å². The normalized spacial score (nSPS) is 25.3. The van der Waals surface area contributed by atoms with Gasteiger partial charge >= 0.3 is 10.2 Å². The van der Waals surface area contributed by atoms with Crippen molar-refractivity contribution in [1.82, 2.24) is 9.03 Å². The van der Waals surface area contributed by atoms with Crippen LogP contribution in [-0.2, 0) is 15.0 Å². The van der Waals surface area contributed by atoms with Crippen LogP contribution < -0.4 is 4.72 Å². The fraction of sp³-hybridized carbons (Fsp3) is 0.917. The van der Waals surface area contributed by atoms with Crippen molar-refractivity contribution in [2.45, 2.75) is 50.9 Å². The van der Waals surface area contributed by atoms with E-state index in [1.54, 1.807) is 0 Å². The Morgan fingerprint density at radius 3 is 2.20 bits per heavy atom. The predicted molar refractivity (Wildman–Crippen MR) is 69.4 cm³/mol. The van der Waals surface area contributed by atoms with Crippen LogP contribution >= 0.6 is 0 Å². The van der Waals surface area contributed by atoms with E-state index in [-0.39, 0.29) is 25.7 Å². The largest absolute Gasteiger partial charge is 0.303 e. The molecular formula is C12H20F2N2O3S. The number of carbonyl (C=O) groups is 1. The summed E-state index contributed by atoms with van der Waals surface area (Å²) in [5.41, 5.74) is 0. The molecule has 1 aliphatic heterocycles. The maximum Gasteiger partial charge on any atom is 0.303 e. The van der Waals surface area contributed by atoms with E-state index in [9.17, 15) is 22.0 Å². The van der Waals surface area contributed by atoms with Crippen molar-refractivity contribution in [3.8, 4) is 0 Å². The molecule has 2 aliphatic rings. The lowest BCUT2D eigenvalue weighted by Crippen LogP contribution is -2.48. The van der Waals surface area contributed by atoms with Gasteiger partial charge in [-0.3, -0.25) is 4.79 Å². The number of halogens is 2. The minimum Gasteiger partial charge on any atom is -0.274 e. The molecule has 1 amide bonds. The van der Waals surface area contributed by atoms with Gasteiger partial charge in [-0.05, 0) is 25.7 Å². The molecule has 0 aromatic rings. The summed E-state index contributed by atoms with van der Waals surface area (Å²) in [4.78, 5) is 11.9. The van der Waals surface area contributed by atoms with Crippen molar-refractivity contribution >= 4 is 16.1 Å². The number of nitrogens with one attached hydrogen (secondary N) is 1. The molecule has 0 aromatic heterocycles. The summed E-state index contributed by atoms with van der Waals surface area (Å²) in [6, 6.07) is 0. The molecule has 1 saturated carbocycles. The Kier molecular flexibility index (Phi) is 4.63. The van der Waals surface area contributed by atoms with Gasteiger partial charge < -0.3 is 0 Å². The molecule has 116 valence electrons. The first-order chi connectivity index (χ1) is 9.30. The van der Waals surface area contributed by atoms with E-state index in [4.69, 9.17) is 0 Å². The number of nitrogens with zero attached hydrogens (tertiary/aromatic N) is 1. The van der Waals surface area contributed by atoms with Crippen molar-refractivity contribution in [1.29, 1.82) is 0 Å². The van der Waals surface area contributed by atoms with Gasteiger partial charge in [0, 0.05) is 31.8 Å². The maximum atomic E-state index is 13.0. The van der Waals surface area contributed by atoms with Crippen LogP contribution in [0, 0.1) is 5.92 Å². The molecule has 1 saturated heterocycles. The molecule has 1 heterocycles. The number of alkyl halides is 2. The second-order valence-corrected chi connectivity index (χ2v) is 7.23. The molecule has 0 bridgehead atoms. The third-order valence-electron chi connectivity index (χ3n) is 3.97. The molecule has 0 spiro atoms. The van der Waals surface area contributed by atoms with Gasteiger partial charge in [-0.15, -0.1) is 0 Å². The highest BCUT2D eigenvalue weighted by Crippen LogP contribution is 2.36. The zero-order chi connectivity index (χ0) is 14.8. The fourth-order valence-corrected chi connectivity index (χ4v) is 3.97. The van der Waals surface area contributed by atoms with Crippen LogP contribution in [0.2, 0.25) is 0 Å². The average molecular weight is 310 g/mol. The van der Waals surface area contributed by atoms with E-state index in [0.29, 0.717) is 13.1 Å². The van der Waals surface area contributed by atoms with Crippen LogP contribution in [0.5, 0.6) is 0 Å². The molecule has 1 aliphatic carbocycles. The molecular weight excluding hydrogens is 290 g/mol. The first-order valence-electron chi connectivity index (χ1n) is 7.00. The number of hydrogen-bond donors (Lipinski definition) is 1. The molecule has 0 unspecified atom stereocenters. The van der Waals surface area contributed by atoms with Crippen LogP contribution in [0.4, 0.5) is 8.78 Å². The second-order valence-electron chi connectivity index (χ2n) is 5.56. The first-order valence-corrected chi connectivity index (χ1v) is 8.44. The fourth-order valence-electron chi connectivity index (χ4n) is 2.68. The van der Waals surface area contributed by atoms with Crippen molar-refractivity contribution in [2.24, 2.45) is 5.92 Å². The van der Waals surface area contributed by atoms with Crippen molar-refractivity contribution < 1.29 is 22.0 Å². The van der Waals surface area contributed by atoms with E-state index < -0.39 is 28.0 Å². The number of carbonyl (C=O) groups excluding carboxylic acids is 1. The Morgan fingerprint density at radius 2 is 1.65 bits per heavy atom. The van der Waals surface area contributed by atoms with Crippen LogP contribution in [0.15, 0.2) is 0 Å². The van der Waals surface area contributed by atoms with Crippen LogP contribution in [0.1, 0.15) is 44.9 Å². The Morgan fingerprint density at radius 1 is 1.10 bits per heavy atom. The molecule has 1 N–H and O–H groups in total. The smallest absolute Gasteiger partial charge is 0.274 e. The van der Waals surface area contributed by atoms with Gasteiger partial charge in [-0.25, -0.2) is 13.5 Å². The minimum atomic E-state index is -3.81. The Balaban J connectivity index is 1.90. The van der Waals surface area contributed by atoms with E-state index in [2.05, 4.69) is 0 Å². The molecule has 2 fully saturated rings. The monoisotopic (exact) mass is 310 g/mol. The lowest BCUT2D eigenvalue weighted by molar-refractivity contribution is -0.127. The highest BCUT2D eigenvalue weighted by Gasteiger charge is 2.38. The lowest BCUT2D eigenvalue weighted by atomic mass is 9.86. The van der Waals surface area contributed by atoms with E-state index in [0.717, 1.165) is 19.3 Å². The summed E-state index contributed by atoms with van der Waals surface area (Å²) in [6.07, 6.45) is 1.92. The topological polar surface area (TPSA) is 66.5 Å². The summed E-state index contributed by atoms with van der Waals surface area (Å²) >= 11 is 0. The zero-order valence-corrected chi connectivity index (χ0v) is 12.1. The molecule has 8 heteroatoms. The highest BCUT2D eigenvalue weighted by atomic mass is 32.2. The number of hydrogen-bond acceptors (Lipinski definition) is 3. The van der Waals surface area contributed by atoms with E-state index in [1.807, 2.05) is 4.72 Å². The predicted octanol–water partition coefficient (Wildman–Crippen LogP) is 1.66. The Hall–Kier alpha value is -0.760. The third-order valence-corrected chi connectivity index (χ3v) is 5.48. The summed E-state index contributed by atoms with van der Waals surface area (Å²) < 4.78 is 53.3. The minimum absolute atomic E-state index is 0.0361. The quantitative estimate of drug-likeness (QED) is 0.862. The maximum absolute atomic E-state index is 13.0. The lowest BCUT2D eigenvalue weighted by Gasteiger charge is -2.29. The highest BCUT2D eigenvalue weighted by molar-refractivity contribution is 7.87. The third kappa shape index (κ3) is 3.88. The zero-order valence-electron chi connectivity index (χ0n) is 11.3. The second kappa shape index (κ2) is 5.93. The molecule has 20 heavy (non-hydrogen) atoms. The van der Waals surface area contributed by atoms with Crippen LogP contribution in [0.25, 0.3) is 0 Å². The van der Waals surface area contributed by atoms with Crippen LogP contribution in [-0.4, -0.2) is 37.6 Å². The van der Waals surface area contributed by atoms with Gasteiger partial charge in [0.25, 0.3) is 0 Å². The van der Waals surface area contributed by atoms with Crippen molar-refractivity contribution in [2.75, 3.05) is 13.1 Å². The summed E-state index contributed by atoms with van der Waals surface area (Å²) in [5, 5.41) is 0. The van der Waals surface area contributed by atoms with E-state index >= 15 is 0 Å². The van der Waals surface area contributed by atoms with Crippen LogP contribution in [0.3, 0.4) is 0 Å². The van der Waals surface area contributed by atoms with E-state index in [1.165, 1.54) is 4.31 Å². The SMILES string of the molecule is O=C(NS(=O)(=O)N1CCCCC1)C1CCC(F)(F)CC1. The molecule has 0 atom stereocenters. The van der Waals surface area contributed by atoms with Gasteiger partial charge in [-0.2, -0.15) is 12.7 Å². The van der Waals surface area contributed by atoms with Crippen molar-refractivity contribution in [3.05, 3.63) is 0 Å². The van der Waals surface area contributed by atoms with Gasteiger partial charge in [0.15, 0.2) is 0 Å². The first kappa shape index (κ1) is 15.6. The van der Waals surface area contributed by atoms with Gasteiger partial charge in [0.05, 0.1) is 0 Å². The standard InChI is InChI=1S/C12H20F2N2O3S/c13-12(14)6-4-10(5-7-12)11(17)15-20(18,19)16-8-2-1-3-9-16/h10H,1-9H2,(H,15,17). The Labute approximate surface area is 117 Å². The summed E-state index contributed by atoms with van der Waals surface area (Å²) in [5.74, 6) is -4.00. The van der Waals surface area contributed by atoms with Gasteiger partial charge in [0.1, 0.15) is 0 Å². The number of amides is 1.